The molecule has 1 saturated heterocycles. The lowest BCUT2D eigenvalue weighted by atomic mass is 9.96. The molecule has 0 saturated carbocycles. The van der Waals surface area contributed by atoms with Crippen LogP contribution in [0.1, 0.15) is 37.2 Å². The van der Waals surface area contributed by atoms with Gasteiger partial charge in [0.1, 0.15) is 5.69 Å². The van der Waals surface area contributed by atoms with Gasteiger partial charge in [-0.1, -0.05) is 13.8 Å². The zero-order valence-electron chi connectivity index (χ0n) is 13.5. The average Bonchev–Trinajstić information content (AvgIpc) is 2.83. The highest BCUT2D eigenvalue weighted by Gasteiger charge is 2.25. The third-order valence-corrected chi connectivity index (χ3v) is 4.56. The van der Waals surface area contributed by atoms with Crippen LogP contribution in [-0.2, 0) is 7.05 Å². The molecule has 21 heavy (non-hydrogen) atoms. The predicted molar refractivity (Wildman–Crippen MR) is 86.2 cm³/mol. The molecule has 1 aromatic rings. The van der Waals surface area contributed by atoms with Gasteiger partial charge in [0.05, 0.1) is 5.69 Å². The molecular weight excluding hydrogens is 264 g/mol. The molecule has 5 heteroatoms. The van der Waals surface area contributed by atoms with Crippen molar-refractivity contribution in [2.24, 2.45) is 13.0 Å². The van der Waals surface area contributed by atoms with Crippen LogP contribution in [0.5, 0.6) is 0 Å². The Bertz CT molecular complexity index is 471. The Kier molecular flexibility index (Phi) is 5.28. The second kappa shape index (κ2) is 6.98. The number of nitrogens with zero attached hydrogens (tertiary/aromatic N) is 3. The first-order chi connectivity index (χ1) is 10.0. The number of likely N-dealkylation sites (tertiary alicyclic amines) is 1. The van der Waals surface area contributed by atoms with Crippen LogP contribution in [0.3, 0.4) is 0 Å². The van der Waals surface area contributed by atoms with Crippen LogP contribution in [0, 0.1) is 5.92 Å². The zero-order valence-corrected chi connectivity index (χ0v) is 13.5. The summed E-state index contributed by atoms with van der Waals surface area (Å²) in [6, 6.07) is 1.77. The number of aromatic nitrogens is 1. The van der Waals surface area contributed by atoms with Crippen molar-refractivity contribution in [1.29, 1.82) is 0 Å². The van der Waals surface area contributed by atoms with Gasteiger partial charge in [-0.15, -0.1) is 0 Å². The first kappa shape index (κ1) is 15.9. The Balaban J connectivity index is 1.89. The van der Waals surface area contributed by atoms with E-state index >= 15 is 0 Å². The molecule has 5 nitrogen and oxygen atoms in total. The maximum atomic E-state index is 12.5. The van der Waals surface area contributed by atoms with Gasteiger partial charge in [0.25, 0.3) is 5.91 Å². The van der Waals surface area contributed by atoms with Crippen LogP contribution in [0.2, 0.25) is 0 Å². The van der Waals surface area contributed by atoms with Gasteiger partial charge >= 0.3 is 0 Å². The second-order valence-electron chi connectivity index (χ2n) is 5.99. The molecule has 118 valence electrons. The highest BCUT2D eigenvalue weighted by molar-refractivity contribution is 5.93. The van der Waals surface area contributed by atoms with Crippen LogP contribution in [-0.4, -0.2) is 53.0 Å². The second-order valence-corrected chi connectivity index (χ2v) is 5.99. The lowest BCUT2D eigenvalue weighted by Gasteiger charge is -2.34. The number of piperidine rings is 1. The summed E-state index contributed by atoms with van der Waals surface area (Å²) in [6.07, 6.45) is 3.99. The number of aryl methyl sites for hydroxylation is 1. The Morgan fingerprint density at radius 3 is 2.43 bits per heavy atom. The zero-order chi connectivity index (χ0) is 15.4. The molecule has 1 amide bonds. The summed E-state index contributed by atoms with van der Waals surface area (Å²) in [5, 5.41) is 0. The summed E-state index contributed by atoms with van der Waals surface area (Å²) >= 11 is 0. The van der Waals surface area contributed by atoms with Crippen molar-refractivity contribution in [2.75, 3.05) is 38.5 Å². The largest absolute Gasteiger partial charge is 0.397 e. The lowest BCUT2D eigenvalue weighted by molar-refractivity contribution is 0.0660. The summed E-state index contributed by atoms with van der Waals surface area (Å²) in [4.78, 5) is 17.0. The minimum atomic E-state index is 0.107. The maximum absolute atomic E-state index is 12.5. The molecule has 0 aromatic carbocycles. The molecule has 1 fully saturated rings. The minimum Gasteiger partial charge on any atom is -0.397 e. The van der Waals surface area contributed by atoms with Gasteiger partial charge in [-0.25, -0.2) is 0 Å². The van der Waals surface area contributed by atoms with E-state index in [2.05, 4.69) is 18.7 Å². The van der Waals surface area contributed by atoms with Crippen molar-refractivity contribution in [3.63, 3.8) is 0 Å². The smallest absolute Gasteiger partial charge is 0.270 e. The molecule has 0 unspecified atom stereocenters. The molecule has 2 rings (SSSR count). The number of hydrogen-bond acceptors (Lipinski definition) is 3. The Labute approximate surface area is 127 Å². The third-order valence-electron chi connectivity index (χ3n) is 4.56. The van der Waals surface area contributed by atoms with E-state index in [4.69, 9.17) is 5.73 Å². The van der Waals surface area contributed by atoms with Crippen molar-refractivity contribution >= 4 is 11.6 Å². The molecule has 0 aliphatic carbocycles. The van der Waals surface area contributed by atoms with Crippen LogP contribution in [0.4, 0.5) is 5.69 Å². The first-order valence-electron chi connectivity index (χ1n) is 7.98. The molecule has 0 radical (unpaired) electrons. The van der Waals surface area contributed by atoms with E-state index in [9.17, 15) is 4.79 Å². The first-order valence-corrected chi connectivity index (χ1v) is 7.98. The van der Waals surface area contributed by atoms with E-state index in [0.29, 0.717) is 17.3 Å². The van der Waals surface area contributed by atoms with E-state index < -0.39 is 0 Å². The molecule has 1 aromatic heterocycles. The number of carbonyl (C=O) groups excluding carboxylic acids is 1. The van der Waals surface area contributed by atoms with Crippen molar-refractivity contribution < 1.29 is 4.79 Å². The van der Waals surface area contributed by atoms with Gasteiger partial charge in [-0.2, -0.15) is 0 Å². The summed E-state index contributed by atoms with van der Waals surface area (Å²) in [6.45, 7) is 9.51. The van der Waals surface area contributed by atoms with Gasteiger partial charge in [-0.05, 0) is 37.9 Å². The van der Waals surface area contributed by atoms with Gasteiger partial charge in [0.2, 0.25) is 0 Å². The van der Waals surface area contributed by atoms with Crippen LogP contribution in [0.15, 0.2) is 12.3 Å². The van der Waals surface area contributed by atoms with Crippen LogP contribution < -0.4 is 5.73 Å². The monoisotopic (exact) mass is 292 g/mol. The molecule has 1 aliphatic heterocycles. The summed E-state index contributed by atoms with van der Waals surface area (Å²) < 4.78 is 1.82. The topological polar surface area (TPSA) is 54.5 Å². The summed E-state index contributed by atoms with van der Waals surface area (Å²) in [7, 11) is 1.87. The number of nitrogen functional groups attached to an aromatic ring is 1. The highest BCUT2D eigenvalue weighted by atomic mass is 16.2. The average molecular weight is 292 g/mol. The number of amides is 1. The maximum Gasteiger partial charge on any atom is 0.270 e. The fraction of sp³-hybridized carbons (Fsp3) is 0.688. The van der Waals surface area contributed by atoms with E-state index in [-0.39, 0.29) is 5.91 Å². The molecular formula is C16H28N4O. The molecule has 0 spiro atoms. The highest BCUT2D eigenvalue weighted by Crippen LogP contribution is 2.21. The quantitative estimate of drug-likeness (QED) is 0.900. The van der Waals surface area contributed by atoms with Gasteiger partial charge in [0.15, 0.2) is 0 Å². The Morgan fingerprint density at radius 2 is 1.95 bits per heavy atom. The fourth-order valence-corrected chi connectivity index (χ4v) is 3.13. The predicted octanol–water partition coefficient (Wildman–Crippen LogP) is 1.80. The number of anilines is 1. The minimum absolute atomic E-state index is 0.107. The van der Waals surface area contributed by atoms with Gasteiger partial charge in [0, 0.05) is 32.9 Å². The van der Waals surface area contributed by atoms with E-state index in [1.165, 1.54) is 0 Å². The summed E-state index contributed by atoms with van der Waals surface area (Å²) in [5.74, 6) is 0.822. The normalized spacial score (nSPS) is 16.7. The fourth-order valence-electron chi connectivity index (χ4n) is 3.13. The van der Waals surface area contributed by atoms with E-state index in [0.717, 1.165) is 45.6 Å². The van der Waals surface area contributed by atoms with Crippen molar-refractivity contribution in [3.8, 4) is 0 Å². The number of nitrogens with two attached hydrogens (primary N) is 1. The summed E-state index contributed by atoms with van der Waals surface area (Å²) in [5.41, 5.74) is 7.10. The van der Waals surface area contributed by atoms with Crippen molar-refractivity contribution in [2.45, 2.75) is 26.7 Å². The molecule has 2 heterocycles. The van der Waals surface area contributed by atoms with Gasteiger partial charge in [-0.3, -0.25) is 4.79 Å². The number of carbonyl (C=O) groups is 1. The van der Waals surface area contributed by atoms with Gasteiger partial charge < -0.3 is 20.1 Å². The molecule has 0 atom stereocenters. The van der Waals surface area contributed by atoms with Crippen LogP contribution in [0.25, 0.3) is 0 Å². The van der Waals surface area contributed by atoms with Crippen LogP contribution >= 0.6 is 0 Å². The number of hydrogen-bond donors (Lipinski definition) is 1. The molecule has 1 aliphatic rings. The Morgan fingerprint density at radius 1 is 1.33 bits per heavy atom. The molecule has 0 bridgehead atoms. The van der Waals surface area contributed by atoms with E-state index in [1.54, 1.807) is 12.3 Å². The standard InChI is InChI=1S/C16H28N4O/c1-4-19(5-2)11-13-6-8-20(9-7-13)16(21)15-10-14(17)12-18(15)3/h10,12-13H,4-9,11,17H2,1-3H3. The van der Waals surface area contributed by atoms with Crippen molar-refractivity contribution in [1.82, 2.24) is 14.4 Å². The molecule has 2 N–H and O–H groups in total. The third kappa shape index (κ3) is 3.79. The van der Waals surface area contributed by atoms with Crippen molar-refractivity contribution in [3.05, 3.63) is 18.0 Å². The lowest BCUT2D eigenvalue weighted by Crippen LogP contribution is -2.42. The Hall–Kier alpha value is -1.49. The van der Waals surface area contributed by atoms with E-state index in [1.807, 2.05) is 16.5 Å². The SMILES string of the molecule is CCN(CC)CC1CCN(C(=O)c2cc(N)cn2C)CC1. The number of rotatable bonds is 5.